The van der Waals surface area contributed by atoms with Gasteiger partial charge in [-0.3, -0.25) is 9.89 Å². The number of hydrogen-bond acceptors (Lipinski definition) is 4. The molecule has 0 bridgehead atoms. The number of aliphatic imine (C=N–C) groups is 1. The summed E-state index contributed by atoms with van der Waals surface area (Å²) >= 11 is 0. The number of ether oxygens (including phenoxy) is 1. The van der Waals surface area contributed by atoms with E-state index in [4.69, 9.17) is 9.73 Å². The molecule has 0 aromatic rings. The number of likely N-dealkylation sites (tertiary alicyclic amines) is 1. The van der Waals surface area contributed by atoms with E-state index in [0.717, 1.165) is 57.8 Å². The Labute approximate surface area is 195 Å². The van der Waals surface area contributed by atoms with Crippen LogP contribution in [0.25, 0.3) is 0 Å². The molecule has 1 saturated carbocycles. The van der Waals surface area contributed by atoms with Gasteiger partial charge in [-0.2, -0.15) is 0 Å². The molecule has 170 valence electrons. The summed E-state index contributed by atoms with van der Waals surface area (Å²) in [5.74, 6) is 1.76. The zero-order valence-electron chi connectivity index (χ0n) is 18.8. The molecular formula is C22H44IN5O. The molecule has 2 aliphatic heterocycles. The molecule has 6 nitrogen and oxygen atoms in total. The molecule has 0 aromatic carbocycles. The first-order valence-corrected chi connectivity index (χ1v) is 11.8. The van der Waals surface area contributed by atoms with Gasteiger partial charge in [0.1, 0.15) is 0 Å². The number of nitrogens with zero attached hydrogens (tertiary/aromatic N) is 3. The van der Waals surface area contributed by atoms with Crippen LogP contribution in [0.4, 0.5) is 0 Å². The van der Waals surface area contributed by atoms with E-state index in [1.807, 2.05) is 0 Å². The summed E-state index contributed by atoms with van der Waals surface area (Å²) in [7, 11) is 0. The number of rotatable bonds is 8. The molecule has 0 aromatic heterocycles. The van der Waals surface area contributed by atoms with Crippen molar-refractivity contribution in [3.8, 4) is 0 Å². The average molecular weight is 522 g/mol. The summed E-state index contributed by atoms with van der Waals surface area (Å²) in [6.07, 6.45) is 9.19. The second-order valence-electron chi connectivity index (χ2n) is 8.92. The van der Waals surface area contributed by atoms with Gasteiger partial charge in [-0.25, -0.2) is 0 Å². The normalized spacial score (nSPS) is 26.1. The molecule has 3 fully saturated rings. The van der Waals surface area contributed by atoms with Crippen molar-refractivity contribution < 1.29 is 4.74 Å². The number of hydrogen-bond donors (Lipinski definition) is 2. The zero-order valence-corrected chi connectivity index (χ0v) is 21.1. The Morgan fingerprint density at radius 2 is 1.83 bits per heavy atom. The van der Waals surface area contributed by atoms with Gasteiger partial charge in [-0.1, -0.05) is 26.2 Å². The van der Waals surface area contributed by atoms with E-state index in [0.29, 0.717) is 0 Å². The lowest BCUT2D eigenvalue weighted by atomic mass is 9.80. The molecule has 2 heterocycles. The van der Waals surface area contributed by atoms with Crippen LogP contribution in [0.3, 0.4) is 0 Å². The third kappa shape index (κ3) is 7.51. The topological polar surface area (TPSA) is 52.1 Å². The van der Waals surface area contributed by atoms with Crippen LogP contribution in [0, 0.1) is 5.92 Å². The Hall–Kier alpha value is -0.120. The lowest BCUT2D eigenvalue weighted by Gasteiger charge is -2.47. The van der Waals surface area contributed by atoms with E-state index in [9.17, 15) is 0 Å². The zero-order chi connectivity index (χ0) is 19.7. The van der Waals surface area contributed by atoms with Gasteiger partial charge in [-0.05, 0) is 51.6 Å². The highest BCUT2D eigenvalue weighted by atomic mass is 127. The lowest BCUT2D eigenvalue weighted by molar-refractivity contribution is -0.0333. The van der Waals surface area contributed by atoms with E-state index in [-0.39, 0.29) is 29.5 Å². The van der Waals surface area contributed by atoms with Gasteiger partial charge < -0.3 is 20.3 Å². The lowest BCUT2D eigenvalue weighted by Crippen LogP contribution is -2.56. The predicted octanol–water partition coefficient (Wildman–Crippen LogP) is 2.93. The maximum atomic E-state index is 5.62. The van der Waals surface area contributed by atoms with Gasteiger partial charge in [0, 0.05) is 38.3 Å². The van der Waals surface area contributed by atoms with Crippen molar-refractivity contribution in [3.63, 3.8) is 0 Å². The molecule has 0 spiro atoms. The van der Waals surface area contributed by atoms with Crippen LogP contribution in [0.1, 0.15) is 58.8 Å². The average Bonchev–Trinajstić information content (AvgIpc) is 3.19. The summed E-state index contributed by atoms with van der Waals surface area (Å²) in [6.45, 7) is 14.9. The van der Waals surface area contributed by atoms with E-state index < -0.39 is 0 Å². The van der Waals surface area contributed by atoms with Crippen molar-refractivity contribution in [2.75, 3.05) is 65.6 Å². The van der Waals surface area contributed by atoms with Crippen LogP contribution < -0.4 is 10.6 Å². The van der Waals surface area contributed by atoms with Crippen LogP contribution in [0.2, 0.25) is 0 Å². The first-order valence-electron chi connectivity index (χ1n) is 11.8. The SMILES string of the molecule is CCCN1CCC(CNC(=NCC2(N3CCOCC3)CCCCC2)NCC)C1.I. The van der Waals surface area contributed by atoms with Crippen LogP contribution in [0.5, 0.6) is 0 Å². The summed E-state index contributed by atoms with van der Waals surface area (Å²) in [6, 6.07) is 0. The minimum atomic E-state index is 0. The molecule has 0 radical (unpaired) electrons. The fourth-order valence-corrected chi connectivity index (χ4v) is 5.23. The highest BCUT2D eigenvalue weighted by Gasteiger charge is 2.38. The van der Waals surface area contributed by atoms with Crippen molar-refractivity contribution >= 4 is 29.9 Å². The summed E-state index contributed by atoms with van der Waals surface area (Å²) in [5.41, 5.74) is 0.246. The van der Waals surface area contributed by atoms with Gasteiger partial charge in [0.2, 0.25) is 0 Å². The monoisotopic (exact) mass is 521 g/mol. The maximum Gasteiger partial charge on any atom is 0.191 e. The number of guanidine groups is 1. The van der Waals surface area contributed by atoms with Crippen molar-refractivity contribution in [3.05, 3.63) is 0 Å². The molecule has 1 atom stereocenters. The Morgan fingerprint density at radius 1 is 1.07 bits per heavy atom. The van der Waals surface area contributed by atoms with E-state index >= 15 is 0 Å². The van der Waals surface area contributed by atoms with Crippen LogP contribution >= 0.6 is 24.0 Å². The van der Waals surface area contributed by atoms with Crippen LogP contribution in [0.15, 0.2) is 4.99 Å². The van der Waals surface area contributed by atoms with Crippen LogP contribution in [-0.4, -0.2) is 86.9 Å². The van der Waals surface area contributed by atoms with Crippen molar-refractivity contribution in [2.24, 2.45) is 10.9 Å². The first-order chi connectivity index (χ1) is 13.8. The van der Waals surface area contributed by atoms with Crippen LogP contribution in [-0.2, 0) is 4.74 Å². The Morgan fingerprint density at radius 3 is 2.52 bits per heavy atom. The Kier molecular flexibility index (Phi) is 11.6. The number of morpholine rings is 1. The second kappa shape index (κ2) is 13.3. The maximum absolute atomic E-state index is 5.62. The smallest absolute Gasteiger partial charge is 0.191 e. The quantitative estimate of drug-likeness (QED) is 0.292. The van der Waals surface area contributed by atoms with E-state index in [1.54, 1.807) is 0 Å². The molecule has 3 aliphatic rings. The fourth-order valence-electron chi connectivity index (χ4n) is 5.23. The van der Waals surface area contributed by atoms with Gasteiger partial charge in [0.05, 0.1) is 19.8 Å². The summed E-state index contributed by atoms with van der Waals surface area (Å²) in [4.78, 5) is 10.4. The Balaban J connectivity index is 0.00000300. The van der Waals surface area contributed by atoms with Crippen molar-refractivity contribution in [1.82, 2.24) is 20.4 Å². The molecule has 2 N–H and O–H groups in total. The number of nitrogens with one attached hydrogen (secondary N) is 2. The molecule has 1 aliphatic carbocycles. The highest BCUT2D eigenvalue weighted by molar-refractivity contribution is 14.0. The van der Waals surface area contributed by atoms with Gasteiger partial charge in [0.25, 0.3) is 0 Å². The predicted molar refractivity (Wildman–Crippen MR) is 132 cm³/mol. The minimum Gasteiger partial charge on any atom is -0.379 e. The highest BCUT2D eigenvalue weighted by Crippen LogP contribution is 2.34. The number of halogens is 1. The molecular weight excluding hydrogens is 477 g/mol. The molecule has 29 heavy (non-hydrogen) atoms. The van der Waals surface area contributed by atoms with Gasteiger partial charge >= 0.3 is 0 Å². The molecule has 7 heteroatoms. The Bertz CT molecular complexity index is 478. The third-order valence-electron chi connectivity index (χ3n) is 6.81. The van der Waals surface area contributed by atoms with Gasteiger partial charge in [-0.15, -0.1) is 24.0 Å². The standard InChI is InChI=1S/C22H43N5O.HI/c1-3-11-26-12-8-20(18-26)17-24-21(23-4-2)25-19-22(9-6-5-7-10-22)27-13-15-28-16-14-27;/h20H,3-19H2,1-2H3,(H2,23,24,25);1H. The van der Waals surface area contributed by atoms with Gasteiger partial charge in [0.15, 0.2) is 5.96 Å². The largest absolute Gasteiger partial charge is 0.379 e. The summed E-state index contributed by atoms with van der Waals surface area (Å²) in [5, 5.41) is 7.14. The molecule has 0 amide bonds. The molecule has 1 unspecified atom stereocenters. The van der Waals surface area contributed by atoms with E-state index in [2.05, 4.69) is 34.3 Å². The molecule has 2 saturated heterocycles. The van der Waals surface area contributed by atoms with Crippen molar-refractivity contribution in [2.45, 2.75) is 64.3 Å². The van der Waals surface area contributed by atoms with Crippen molar-refractivity contribution in [1.29, 1.82) is 0 Å². The first kappa shape index (κ1) is 25.1. The summed E-state index contributed by atoms with van der Waals surface area (Å²) < 4.78 is 5.62. The second-order valence-corrected chi connectivity index (χ2v) is 8.92. The third-order valence-corrected chi connectivity index (χ3v) is 6.81. The molecule has 3 rings (SSSR count). The minimum absolute atomic E-state index is 0. The fraction of sp³-hybridized carbons (Fsp3) is 0.955. The van der Waals surface area contributed by atoms with E-state index in [1.165, 1.54) is 64.6 Å².